The van der Waals surface area contributed by atoms with Gasteiger partial charge in [0.25, 0.3) is 0 Å². The highest BCUT2D eigenvalue weighted by atomic mass is 16.5. The van der Waals surface area contributed by atoms with Gasteiger partial charge in [-0.3, -0.25) is 9.48 Å². The highest BCUT2D eigenvalue weighted by Crippen LogP contribution is 2.23. The first-order valence-electron chi connectivity index (χ1n) is 8.10. The molecule has 2 aromatic rings. The van der Waals surface area contributed by atoms with Gasteiger partial charge in [-0.2, -0.15) is 10.4 Å². The van der Waals surface area contributed by atoms with Crippen LogP contribution in [-0.2, 0) is 24.4 Å². The van der Waals surface area contributed by atoms with Crippen LogP contribution in [0.15, 0.2) is 18.3 Å². The van der Waals surface area contributed by atoms with Gasteiger partial charge in [-0.25, -0.2) is 4.98 Å². The number of anilines is 1. The number of aromatic nitrogens is 3. The van der Waals surface area contributed by atoms with Crippen LogP contribution in [0.1, 0.15) is 30.3 Å². The van der Waals surface area contributed by atoms with E-state index in [1.54, 1.807) is 19.2 Å². The second kappa shape index (κ2) is 7.21. The summed E-state index contributed by atoms with van der Waals surface area (Å²) in [4.78, 5) is 17.5. The molecule has 0 aromatic carbocycles. The van der Waals surface area contributed by atoms with Crippen LogP contribution in [0.2, 0.25) is 0 Å². The molecule has 1 aliphatic heterocycles. The van der Waals surface area contributed by atoms with Gasteiger partial charge in [-0.15, -0.1) is 0 Å². The Morgan fingerprint density at radius 1 is 1.48 bits per heavy atom. The molecule has 8 nitrogen and oxygen atoms in total. The van der Waals surface area contributed by atoms with Crippen LogP contribution in [-0.4, -0.2) is 39.2 Å². The van der Waals surface area contributed by atoms with E-state index in [1.807, 2.05) is 15.6 Å². The van der Waals surface area contributed by atoms with Crippen molar-refractivity contribution in [1.29, 1.82) is 5.26 Å². The molecule has 0 spiro atoms. The second-order valence-corrected chi connectivity index (χ2v) is 5.85. The number of hydrogen-bond acceptors (Lipinski definition) is 6. The van der Waals surface area contributed by atoms with E-state index in [9.17, 15) is 10.1 Å². The van der Waals surface area contributed by atoms with Crippen molar-refractivity contribution in [1.82, 2.24) is 19.7 Å². The van der Waals surface area contributed by atoms with Crippen molar-refractivity contribution in [2.24, 2.45) is 0 Å². The number of carbonyl (C=O) groups is 1. The largest absolute Gasteiger partial charge is 0.480 e. The zero-order chi connectivity index (χ0) is 17.8. The van der Waals surface area contributed by atoms with Crippen molar-refractivity contribution < 1.29 is 9.53 Å². The molecule has 0 fully saturated rings. The van der Waals surface area contributed by atoms with Crippen molar-refractivity contribution in [3.63, 3.8) is 0 Å². The number of pyridine rings is 1. The van der Waals surface area contributed by atoms with Gasteiger partial charge >= 0.3 is 0 Å². The number of rotatable bonds is 4. The number of aryl methyl sites for hydroxylation is 1. The van der Waals surface area contributed by atoms with E-state index in [0.29, 0.717) is 30.2 Å². The molecule has 1 N–H and O–H groups in total. The number of fused-ring (bicyclic) bond motifs is 1. The molecule has 1 aliphatic rings. The molecule has 0 saturated heterocycles. The van der Waals surface area contributed by atoms with Gasteiger partial charge in [-0.05, 0) is 18.6 Å². The van der Waals surface area contributed by atoms with Crippen LogP contribution in [0, 0.1) is 11.3 Å². The number of carbonyl (C=O) groups excluding carboxylic acids is 1. The fourth-order valence-corrected chi connectivity index (χ4v) is 2.92. The van der Waals surface area contributed by atoms with Gasteiger partial charge in [0.2, 0.25) is 11.8 Å². The summed E-state index contributed by atoms with van der Waals surface area (Å²) in [7, 11) is 1.49. The molecule has 0 saturated carbocycles. The van der Waals surface area contributed by atoms with Crippen molar-refractivity contribution in [3.8, 4) is 11.9 Å². The molecule has 0 atom stereocenters. The van der Waals surface area contributed by atoms with Gasteiger partial charge in [0.05, 0.1) is 37.3 Å². The first kappa shape index (κ1) is 16.8. The lowest BCUT2D eigenvalue weighted by molar-refractivity contribution is -0.129. The number of amides is 1. The third-order valence-corrected chi connectivity index (χ3v) is 4.19. The Labute approximate surface area is 146 Å². The maximum atomic E-state index is 11.6. The van der Waals surface area contributed by atoms with Gasteiger partial charge in [0.15, 0.2) is 0 Å². The molecule has 0 aliphatic carbocycles. The summed E-state index contributed by atoms with van der Waals surface area (Å²) in [5, 5.41) is 17.1. The van der Waals surface area contributed by atoms with E-state index >= 15 is 0 Å². The first-order chi connectivity index (χ1) is 12.1. The molecular weight excluding hydrogens is 320 g/mol. The molecule has 0 radical (unpaired) electrons. The van der Waals surface area contributed by atoms with E-state index in [1.165, 1.54) is 7.11 Å². The smallest absolute Gasteiger partial charge is 0.233 e. The Hall–Kier alpha value is -3.08. The van der Waals surface area contributed by atoms with E-state index in [4.69, 9.17) is 4.74 Å². The van der Waals surface area contributed by atoms with E-state index in [-0.39, 0.29) is 5.91 Å². The number of nitriles is 1. The van der Waals surface area contributed by atoms with Crippen molar-refractivity contribution in [2.75, 3.05) is 19.0 Å². The first-order valence-corrected chi connectivity index (χ1v) is 8.10. The quantitative estimate of drug-likeness (QED) is 0.906. The molecule has 25 heavy (non-hydrogen) atoms. The Morgan fingerprint density at radius 2 is 2.32 bits per heavy atom. The van der Waals surface area contributed by atoms with Gasteiger partial charge < -0.3 is 15.0 Å². The minimum absolute atomic E-state index is 0.0804. The average Bonchev–Trinajstić information content (AvgIpc) is 2.89. The monoisotopic (exact) mass is 340 g/mol. The summed E-state index contributed by atoms with van der Waals surface area (Å²) in [5.74, 6) is 0.377. The standard InChI is InChI=1S/C17H20N6O2/c1-12(24)22-6-3-7-23-14(11-22)8-13(21-23)10-20-16-4-5-19-17(25-2)15(16)9-18/h4-5,8H,3,6-7,10-11H2,1-2H3,(H,19,20). The van der Waals surface area contributed by atoms with Crippen molar-refractivity contribution >= 4 is 11.6 Å². The minimum Gasteiger partial charge on any atom is -0.480 e. The molecule has 3 heterocycles. The summed E-state index contributed by atoms with van der Waals surface area (Å²) in [6.45, 7) is 4.20. The fraction of sp³-hybridized carbons (Fsp3) is 0.412. The van der Waals surface area contributed by atoms with Gasteiger partial charge in [0, 0.05) is 26.2 Å². The lowest BCUT2D eigenvalue weighted by Gasteiger charge is -2.17. The lowest BCUT2D eigenvalue weighted by atomic mass is 10.2. The maximum Gasteiger partial charge on any atom is 0.233 e. The molecular formula is C17H20N6O2. The topological polar surface area (TPSA) is 96.1 Å². The molecule has 3 rings (SSSR count). The Balaban J connectivity index is 1.75. The summed E-state index contributed by atoms with van der Waals surface area (Å²) in [5.41, 5.74) is 2.91. The highest BCUT2D eigenvalue weighted by molar-refractivity contribution is 5.73. The molecule has 8 heteroatoms. The Morgan fingerprint density at radius 3 is 3.04 bits per heavy atom. The molecule has 0 bridgehead atoms. The van der Waals surface area contributed by atoms with E-state index < -0.39 is 0 Å². The third-order valence-electron chi connectivity index (χ3n) is 4.19. The van der Waals surface area contributed by atoms with Crippen LogP contribution < -0.4 is 10.1 Å². The normalized spacial score (nSPS) is 13.6. The summed E-state index contributed by atoms with van der Waals surface area (Å²) in [6, 6.07) is 5.84. The van der Waals surface area contributed by atoms with Crippen LogP contribution in [0.5, 0.6) is 5.88 Å². The maximum absolute atomic E-state index is 11.6. The fourth-order valence-electron chi connectivity index (χ4n) is 2.92. The Kier molecular flexibility index (Phi) is 4.84. The van der Waals surface area contributed by atoms with Crippen LogP contribution >= 0.6 is 0 Å². The molecule has 0 unspecified atom stereocenters. The molecule has 2 aromatic heterocycles. The highest BCUT2D eigenvalue weighted by Gasteiger charge is 2.18. The van der Waals surface area contributed by atoms with Crippen LogP contribution in [0.3, 0.4) is 0 Å². The molecule has 130 valence electrons. The van der Waals surface area contributed by atoms with E-state index in [2.05, 4.69) is 21.5 Å². The zero-order valence-electron chi connectivity index (χ0n) is 14.3. The van der Waals surface area contributed by atoms with Gasteiger partial charge in [-0.1, -0.05) is 0 Å². The number of ether oxygens (including phenoxy) is 1. The summed E-state index contributed by atoms with van der Waals surface area (Å²) in [6.07, 6.45) is 2.48. The van der Waals surface area contributed by atoms with Crippen LogP contribution in [0.25, 0.3) is 0 Å². The zero-order valence-corrected chi connectivity index (χ0v) is 14.3. The molecule has 1 amide bonds. The lowest BCUT2D eigenvalue weighted by Crippen LogP contribution is -2.28. The number of nitrogens with one attached hydrogen (secondary N) is 1. The number of nitrogens with zero attached hydrogens (tertiary/aromatic N) is 5. The predicted molar refractivity (Wildman–Crippen MR) is 90.8 cm³/mol. The van der Waals surface area contributed by atoms with Crippen molar-refractivity contribution in [3.05, 3.63) is 35.3 Å². The third kappa shape index (κ3) is 3.55. The summed E-state index contributed by atoms with van der Waals surface area (Å²) < 4.78 is 7.07. The Bertz CT molecular complexity index is 823. The minimum atomic E-state index is 0.0804. The SMILES string of the molecule is COc1nccc(NCc2cc3n(n2)CCCN(C(C)=O)C3)c1C#N. The average molecular weight is 340 g/mol. The van der Waals surface area contributed by atoms with Crippen molar-refractivity contribution in [2.45, 2.75) is 33.0 Å². The van der Waals surface area contributed by atoms with E-state index in [0.717, 1.165) is 30.9 Å². The number of hydrogen-bond donors (Lipinski definition) is 1. The second-order valence-electron chi connectivity index (χ2n) is 5.85. The predicted octanol–water partition coefficient (Wildman–Crippen LogP) is 1.52. The van der Waals surface area contributed by atoms with Crippen LogP contribution in [0.4, 0.5) is 5.69 Å². The summed E-state index contributed by atoms with van der Waals surface area (Å²) >= 11 is 0. The number of methoxy groups -OCH3 is 1. The van der Waals surface area contributed by atoms with Gasteiger partial charge in [0.1, 0.15) is 11.6 Å².